The smallest absolute Gasteiger partial charge is 0.255 e. The highest BCUT2D eigenvalue weighted by molar-refractivity contribution is 6.00. The summed E-state index contributed by atoms with van der Waals surface area (Å²) in [6.45, 7) is 0. The lowest BCUT2D eigenvalue weighted by molar-refractivity contribution is 0.0718. The van der Waals surface area contributed by atoms with E-state index in [-0.39, 0.29) is 23.6 Å². The number of carbonyl (C=O) groups is 1. The Balaban J connectivity index is 1.45. The molecule has 0 saturated heterocycles. The van der Waals surface area contributed by atoms with E-state index in [9.17, 15) is 18.7 Å². The number of aryl methyl sites for hydroxylation is 1. The van der Waals surface area contributed by atoms with E-state index in [1.807, 2.05) is 0 Å². The van der Waals surface area contributed by atoms with E-state index in [1.54, 1.807) is 36.3 Å². The zero-order chi connectivity index (χ0) is 23.8. The van der Waals surface area contributed by atoms with Crippen molar-refractivity contribution in [2.75, 3.05) is 0 Å². The molecule has 1 aliphatic rings. The molecule has 5 rings (SSSR count). The van der Waals surface area contributed by atoms with Crippen molar-refractivity contribution in [3.05, 3.63) is 71.3 Å². The van der Waals surface area contributed by atoms with Crippen molar-refractivity contribution >= 4 is 11.6 Å². The van der Waals surface area contributed by atoms with Crippen molar-refractivity contribution in [3.8, 4) is 11.3 Å². The molecule has 0 radical (unpaired) electrons. The zero-order valence-electron chi connectivity index (χ0n) is 18.6. The van der Waals surface area contributed by atoms with Gasteiger partial charge in [0.15, 0.2) is 5.65 Å². The molecule has 0 spiro atoms. The molecule has 1 aromatic carbocycles. The second-order valence-corrected chi connectivity index (χ2v) is 8.69. The molecule has 34 heavy (non-hydrogen) atoms. The number of rotatable bonds is 5. The molecule has 1 saturated carbocycles. The highest BCUT2D eigenvalue weighted by Crippen LogP contribution is 2.26. The van der Waals surface area contributed by atoms with Crippen LogP contribution in [-0.4, -0.2) is 47.5 Å². The summed E-state index contributed by atoms with van der Waals surface area (Å²) in [7, 11) is 1.73. The fourth-order valence-corrected chi connectivity index (χ4v) is 4.46. The molecule has 1 amide bonds. The van der Waals surface area contributed by atoms with E-state index < -0.39 is 23.6 Å². The Morgan fingerprint density at radius 1 is 1.21 bits per heavy atom. The zero-order valence-corrected chi connectivity index (χ0v) is 18.6. The van der Waals surface area contributed by atoms with Crippen LogP contribution in [-0.2, 0) is 13.5 Å². The van der Waals surface area contributed by atoms with Crippen LogP contribution < -0.4 is 5.32 Å². The van der Waals surface area contributed by atoms with Crippen LogP contribution in [0.2, 0.25) is 0 Å². The van der Waals surface area contributed by atoms with E-state index in [1.165, 1.54) is 23.0 Å². The summed E-state index contributed by atoms with van der Waals surface area (Å²) in [5.41, 5.74) is 1.76. The number of halogens is 2. The minimum absolute atomic E-state index is 0.0811. The maximum Gasteiger partial charge on any atom is 0.255 e. The molecular formula is C24H24F2N6O2. The number of hydrogen-bond donors (Lipinski definition) is 2. The Bertz CT molecular complexity index is 1340. The third-order valence-corrected chi connectivity index (χ3v) is 6.25. The molecule has 0 unspecified atom stereocenters. The van der Waals surface area contributed by atoms with Gasteiger partial charge in [0.25, 0.3) is 5.91 Å². The number of nitrogens with zero attached hydrogens (tertiary/aromatic N) is 5. The van der Waals surface area contributed by atoms with E-state index in [0.29, 0.717) is 35.3 Å². The number of fused-ring (bicyclic) bond motifs is 1. The van der Waals surface area contributed by atoms with Gasteiger partial charge in [-0.2, -0.15) is 10.2 Å². The molecule has 2 atom stereocenters. The van der Waals surface area contributed by atoms with E-state index in [2.05, 4.69) is 20.5 Å². The molecule has 0 aliphatic heterocycles. The van der Waals surface area contributed by atoms with E-state index >= 15 is 0 Å². The van der Waals surface area contributed by atoms with Crippen LogP contribution in [0.4, 0.5) is 8.78 Å². The number of aromatic nitrogens is 5. The van der Waals surface area contributed by atoms with Gasteiger partial charge in [0, 0.05) is 37.0 Å². The first-order valence-corrected chi connectivity index (χ1v) is 11.2. The molecule has 3 heterocycles. The lowest BCUT2D eigenvalue weighted by Crippen LogP contribution is -2.45. The quantitative estimate of drug-likeness (QED) is 0.471. The van der Waals surface area contributed by atoms with Gasteiger partial charge >= 0.3 is 0 Å². The number of amides is 1. The standard InChI is InChI=1S/C24H24F2N6O2/c1-31-7-6-20(30-31)15-10-18(25)16(19(26)11-15)8-14-9-17(23-27-13-28-32(23)12-14)24(34)29-21-4-2-3-5-22(21)33/h6-7,9-13,21-22,33H,2-5,8H2,1H3,(H,29,34)/t21-,22-/m0/s1. The number of pyridine rings is 1. The van der Waals surface area contributed by atoms with Crippen LogP contribution in [0.5, 0.6) is 0 Å². The second kappa shape index (κ2) is 8.94. The Labute approximate surface area is 194 Å². The summed E-state index contributed by atoms with van der Waals surface area (Å²) >= 11 is 0. The van der Waals surface area contributed by atoms with Crippen molar-refractivity contribution in [1.29, 1.82) is 0 Å². The average molecular weight is 466 g/mol. The maximum absolute atomic E-state index is 14.9. The molecule has 0 bridgehead atoms. The molecule has 8 nitrogen and oxygen atoms in total. The van der Waals surface area contributed by atoms with Crippen LogP contribution >= 0.6 is 0 Å². The number of carbonyl (C=O) groups excluding carboxylic acids is 1. The SMILES string of the molecule is Cn1ccc(-c2cc(F)c(Cc3cc(C(=O)N[C@H]4CCCC[C@@H]4O)c4ncnn4c3)c(F)c2)n1. The first-order valence-electron chi connectivity index (χ1n) is 11.2. The highest BCUT2D eigenvalue weighted by Gasteiger charge is 2.26. The van der Waals surface area contributed by atoms with Gasteiger partial charge in [0.2, 0.25) is 0 Å². The molecule has 176 valence electrons. The summed E-state index contributed by atoms with van der Waals surface area (Å²) in [4.78, 5) is 17.2. The number of nitrogens with one attached hydrogen (secondary N) is 1. The van der Waals surface area contributed by atoms with Crippen LogP contribution in [0.1, 0.15) is 47.2 Å². The fraction of sp³-hybridized carbons (Fsp3) is 0.333. The fourth-order valence-electron chi connectivity index (χ4n) is 4.46. The minimum atomic E-state index is -0.698. The maximum atomic E-state index is 14.9. The molecule has 4 aromatic rings. The van der Waals surface area contributed by atoms with Crippen molar-refractivity contribution in [3.63, 3.8) is 0 Å². The molecular weight excluding hydrogens is 442 g/mol. The summed E-state index contributed by atoms with van der Waals surface area (Å²) in [6, 6.07) is 5.42. The number of aliphatic hydroxyl groups excluding tert-OH is 1. The third-order valence-electron chi connectivity index (χ3n) is 6.25. The van der Waals surface area contributed by atoms with Crippen molar-refractivity contribution in [2.24, 2.45) is 7.05 Å². The molecule has 3 aromatic heterocycles. The van der Waals surface area contributed by atoms with Gasteiger partial charge in [-0.3, -0.25) is 9.48 Å². The first-order chi connectivity index (χ1) is 16.4. The topological polar surface area (TPSA) is 97.3 Å². The summed E-state index contributed by atoms with van der Waals surface area (Å²) in [6.07, 6.45) is 7.11. The van der Waals surface area contributed by atoms with Gasteiger partial charge in [0.05, 0.1) is 23.4 Å². The van der Waals surface area contributed by atoms with Crippen LogP contribution in [0.15, 0.2) is 43.0 Å². The highest BCUT2D eigenvalue weighted by atomic mass is 19.1. The van der Waals surface area contributed by atoms with Crippen molar-refractivity contribution in [2.45, 2.75) is 44.2 Å². The predicted molar refractivity (Wildman–Crippen MR) is 120 cm³/mol. The molecule has 10 heteroatoms. The minimum Gasteiger partial charge on any atom is -0.391 e. The summed E-state index contributed by atoms with van der Waals surface area (Å²) < 4.78 is 32.9. The van der Waals surface area contributed by atoms with E-state index in [0.717, 1.165) is 12.8 Å². The average Bonchev–Trinajstić information content (AvgIpc) is 3.46. The molecule has 1 fully saturated rings. The Morgan fingerprint density at radius 2 is 1.97 bits per heavy atom. The van der Waals surface area contributed by atoms with Gasteiger partial charge in [-0.25, -0.2) is 18.3 Å². The predicted octanol–water partition coefficient (Wildman–Crippen LogP) is 3.03. The monoisotopic (exact) mass is 466 g/mol. The Kier molecular flexibility index (Phi) is 5.82. The van der Waals surface area contributed by atoms with Gasteiger partial charge in [-0.05, 0) is 42.7 Å². The Hall–Kier alpha value is -3.66. The van der Waals surface area contributed by atoms with Crippen molar-refractivity contribution in [1.82, 2.24) is 29.7 Å². The summed E-state index contributed by atoms with van der Waals surface area (Å²) in [5, 5.41) is 21.4. The van der Waals surface area contributed by atoms with Gasteiger partial charge in [0.1, 0.15) is 18.0 Å². The van der Waals surface area contributed by atoms with Crippen molar-refractivity contribution < 1.29 is 18.7 Å². The normalized spacial score (nSPS) is 18.4. The van der Waals surface area contributed by atoms with Gasteiger partial charge in [-0.1, -0.05) is 12.8 Å². The number of hydrogen-bond acceptors (Lipinski definition) is 5. The van der Waals surface area contributed by atoms with Crippen LogP contribution in [0.3, 0.4) is 0 Å². The van der Waals surface area contributed by atoms with E-state index in [4.69, 9.17) is 0 Å². The first kappa shape index (κ1) is 22.1. The Morgan fingerprint density at radius 3 is 2.68 bits per heavy atom. The number of benzene rings is 1. The molecule has 1 aliphatic carbocycles. The van der Waals surface area contributed by atoms with Gasteiger partial charge < -0.3 is 10.4 Å². The third kappa shape index (κ3) is 4.28. The lowest BCUT2D eigenvalue weighted by atomic mass is 9.92. The number of aliphatic hydroxyl groups is 1. The summed E-state index contributed by atoms with van der Waals surface area (Å²) in [5.74, 6) is -1.80. The van der Waals surface area contributed by atoms with Gasteiger partial charge in [-0.15, -0.1) is 0 Å². The van der Waals surface area contributed by atoms with Crippen LogP contribution in [0.25, 0.3) is 16.9 Å². The molecule has 2 N–H and O–H groups in total. The van der Waals surface area contributed by atoms with Crippen LogP contribution in [0, 0.1) is 11.6 Å². The second-order valence-electron chi connectivity index (χ2n) is 8.69. The largest absolute Gasteiger partial charge is 0.391 e. The lowest BCUT2D eigenvalue weighted by Gasteiger charge is -2.28.